The maximum atomic E-state index is 12.0. The molecular weight excluding hydrogens is 236 g/mol. The van der Waals surface area contributed by atoms with Gasteiger partial charge in [-0.25, -0.2) is 17.2 Å². The van der Waals surface area contributed by atoms with E-state index in [-0.39, 0.29) is 10.6 Å². The predicted octanol–water partition coefficient (Wildman–Crippen LogP) is 1.37. The van der Waals surface area contributed by atoms with Crippen molar-refractivity contribution in [3.63, 3.8) is 0 Å². The fraction of sp³-hybridized carbons (Fsp3) is 0.400. The summed E-state index contributed by atoms with van der Waals surface area (Å²) in [5.74, 6) is -0.140. The van der Waals surface area contributed by atoms with Crippen LogP contribution in [0.15, 0.2) is 29.2 Å². The lowest BCUT2D eigenvalue weighted by molar-refractivity contribution is 0.142. The minimum Gasteiger partial charge on any atom is -0.304 e. The smallest absolute Gasteiger partial charge is 0.250 e. The van der Waals surface area contributed by atoms with Crippen LogP contribution in [0.5, 0.6) is 0 Å². The van der Waals surface area contributed by atoms with Crippen LogP contribution in [-0.2, 0) is 9.84 Å². The number of benzene rings is 1. The maximum Gasteiger partial charge on any atom is 0.250 e. The van der Waals surface area contributed by atoms with Crippen LogP contribution >= 0.6 is 0 Å². The van der Waals surface area contributed by atoms with Crippen molar-refractivity contribution in [1.82, 2.24) is 5.32 Å². The zero-order valence-electron chi connectivity index (χ0n) is 8.36. The van der Waals surface area contributed by atoms with Crippen molar-refractivity contribution < 1.29 is 17.2 Å². The summed E-state index contributed by atoms with van der Waals surface area (Å²) in [7, 11) is -3.31. The molecule has 1 aliphatic rings. The van der Waals surface area contributed by atoms with Crippen LogP contribution < -0.4 is 5.32 Å². The van der Waals surface area contributed by atoms with Crippen LogP contribution in [0.1, 0.15) is 11.6 Å². The van der Waals surface area contributed by atoms with E-state index in [0.29, 0.717) is 5.56 Å². The molecule has 88 valence electrons. The largest absolute Gasteiger partial charge is 0.304 e. The van der Waals surface area contributed by atoms with E-state index in [1.165, 1.54) is 6.07 Å². The Balaban J connectivity index is 2.27. The lowest BCUT2D eigenvalue weighted by atomic mass is 10.1. The van der Waals surface area contributed by atoms with Crippen LogP contribution in [0.4, 0.5) is 8.78 Å². The van der Waals surface area contributed by atoms with Gasteiger partial charge in [0.25, 0.3) is 6.43 Å². The molecule has 0 aliphatic carbocycles. The van der Waals surface area contributed by atoms with E-state index in [1.54, 1.807) is 18.2 Å². The molecule has 1 aliphatic heterocycles. The van der Waals surface area contributed by atoms with Crippen molar-refractivity contribution in [1.29, 1.82) is 0 Å². The first-order valence-corrected chi connectivity index (χ1v) is 6.49. The third-order valence-corrected chi connectivity index (χ3v) is 4.35. The van der Waals surface area contributed by atoms with Crippen LogP contribution in [-0.4, -0.2) is 27.1 Å². The third-order valence-electron chi connectivity index (χ3n) is 2.53. The van der Waals surface area contributed by atoms with Gasteiger partial charge in [-0.1, -0.05) is 18.2 Å². The van der Waals surface area contributed by atoms with Gasteiger partial charge in [0.15, 0.2) is 9.84 Å². The van der Waals surface area contributed by atoms with E-state index in [1.807, 2.05) is 0 Å². The van der Waals surface area contributed by atoms with Crippen molar-refractivity contribution in [3.8, 4) is 0 Å². The molecule has 0 bridgehead atoms. The van der Waals surface area contributed by atoms with Crippen molar-refractivity contribution in [2.75, 3.05) is 12.3 Å². The second-order valence-electron chi connectivity index (χ2n) is 3.67. The molecule has 1 aromatic rings. The summed E-state index contributed by atoms with van der Waals surface area (Å²) in [6.07, 6.45) is -2.48. The van der Waals surface area contributed by atoms with E-state index in [4.69, 9.17) is 0 Å². The number of sulfone groups is 1. The molecule has 0 aromatic heterocycles. The summed E-state index contributed by atoms with van der Waals surface area (Å²) in [6.45, 7) is -0.492. The standard InChI is InChI=1S/C10H11F2NO2S/c11-10(12)5-13-8-6-16(14,15)9-4-2-1-3-7(8)9/h1-4,8,10,13H,5-6H2. The average Bonchev–Trinajstić information content (AvgIpc) is 2.49. The molecule has 1 N–H and O–H groups in total. The quantitative estimate of drug-likeness (QED) is 0.877. The number of hydrogen-bond acceptors (Lipinski definition) is 3. The summed E-state index contributed by atoms with van der Waals surface area (Å²) < 4.78 is 47.5. The molecule has 0 saturated heterocycles. The lowest BCUT2D eigenvalue weighted by Crippen LogP contribution is -2.27. The minimum absolute atomic E-state index is 0.140. The maximum absolute atomic E-state index is 12.0. The van der Waals surface area contributed by atoms with Gasteiger partial charge in [0.1, 0.15) is 0 Å². The first-order valence-electron chi connectivity index (χ1n) is 4.84. The molecule has 1 heterocycles. The normalized spacial score (nSPS) is 22.3. The van der Waals surface area contributed by atoms with Crippen molar-refractivity contribution in [2.45, 2.75) is 17.4 Å². The molecule has 3 nitrogen and oxygen atoms in total. The van der Waals surface area contributed by atoms with Crippen molar-refractivity contribution >= 4 is 9.84 Å². The Labute approximate surface area is 92.4 Å². The second kappa shape index (κ2) is 4.10. The number of nitrogens with one attached hydrogen (secondary N) is 1. The van der Waals surface area contributed by atoms with E-state index >= 15 is 0 Å². The number of hydrogen-bond donors (Lipinski definition) is 1. The molecule has 1 atom stereocenters. The first-order chi connectivity index (χ1) is 7.50. The van der Waals surface area contributed by atoms with Crippen molar-refractivity contribution in [3.05, 3.63) is 29.8 Å². The monoisotopic (exact) mass is 247 g/mol. The Morgan fingerprint density at radius 2 is 2.06 bits per heavy atom. The molecule has 1 unspecified atom stereocenters. The highest BCUT2D eigenvalue weighted by atomic mass is 32.2. The van der Waals surface area contributed by atoms with E-state index < -0.39 is 28.8 Å². The Bertz CT molecular complexity index is 487. The van der Waals surface area contributed by atoms with Crippen LogP contribution in [0.3, 0.4) is 0 Å². The SMILES string of the molecule is O=S1(=O)CC(NCC(F)F)c2ccccc21. The van der Waals surface area contributed by atoms with E-state index in [9.17, 15) is 17.2 Å². The molecule has 0 spiro atoms. The van der Waals surface area contributed by atoms with Gasteiger partial charge in [-0.2, -0.15) is 0 Å². The van der Waals surface area contributed by atoms with Gasteiger partial charge in [0.2, 0.25) is 0 Å². The van der Waals surface area contributed by atoms with Gasteiger partial charge in [-0.3, -0.25) is 0 Å². The van der Waals surface area contributed by atoms with E-state index in [0.717, 1.165) is 0 Å². The summed E-state index contributed by atoms with van der Waals surface area (Å²) in [5.41, 5.74) is 0.586. The van der Waals surface area contributed by atoms with E-state index in [2.05, 4.69) is 5.32 Å². The Morgan fingerprint density at radius 3 is 2.75 bits per heavy atom. The van der Waals surface area contributed by atoms with Gasteiger partial charge >= 0.3 is 0 Å². The van der Waals surface area contributed by atoms with Crippen LogP contribution in [0.25, 0.3) is 0 Å². The fourth-order valence-electron chi connectivity index (χ4n) is 1.85. The van der Waals surface area contributed by atoms with Gasteiger partial charge in [0.05, 0.1) is 17.2 Å². The Hall–Kier alpha value is -1.01. The van der Waals surface area contributed by atoms with Crippen molar-refractivity contribution in [2.24, 2.45) is 0 Å². The molecule has 6 heteroatoms. The van der Waals surface area contributed by atoms with Gasteiger partial charge in [-0.15, -0.1) is 0 Å². The topological polar surface area (TPSA) is 46.2 Å². The molecular formula is C10H11F2NO2S. The first kappa shape index (κ1) is 11.5. The zero-order chi connectivity index (χ0) is 11.8. The zero-order valence-corrected chi connectivity index (χ0v) is 9.18. The summed E-state index contributed by atoms with van der Waals surface area (Å²) in [6, 6.07) is 5.98. The predicted molar refractivity (Wildman–Crippen MR) is 55.2 cm³/mol. The average molecular weight is 247 g/mol. The molecule has 0 amide bonds. The molecule has 0 radical (unpaired) electrons. The second-order valence-corrected chi connectivity index (χ2v) is 5.67. The molecule has 0 fully saturated rings. The highest BCUT2D eigenvalue weighted by Crippen LogP contribution is 2.32. The van der Waals surface area contributed by atoms with Gasteiger partial charge < -0.3 is 5.32 Å². The van der Waals surface area contributed by atoms with Crippen LogP contribution in [0, 0.1) is 0 Å². The summed E-state index contributed by atoms with van der Waals surface area (Å²) in [5, 5.41) is 2.56. The molecule has 1 aromatic carbocycles. The number of alkyl halides is 2. The minimum atomic E-state index is -3.31. The fourth-order valence-corrected chi connectivity index (χ4v) is 3.62. The summed E-state index contributed by atoms with van der Waals surface area (Å²) in [4.78, 5) is 0.252. The Morgan fingerprint density at radius 1 is 1.38 bits per heavy atom. The molecule has 0 saturated carbocycles. The highest BCUT2D eigenvalue weighted by Gasteiger charge is 2.34. The van der Waals surface area contributed by atoms with Gasteiger partial charge in [-0.05, 0) is 11.6 Å². The Kier molecular flexibility index (Phi) is 2.94. The number of rotatable bonds is 3. The number of fused-ring (bicyclic) bond motifs is 1. The lowest BCUT2D eigenvalue weighted by Gasteiger charge is -2.11. The number of halogens is 2. The highest BCUT2D eigenvalue weighted by molar-refractivity contribution is 7.91. The molecule has 2 rings (SSSR count). The molecule has 16 heavy (non-hydrogen) atoms. The third kappa shape index (κ3) is 2.08. The van der Waals surface area contributed by atoms with Gasteiger partial charge in [0, 0.05) is 6.04 Å². The van der Waals surface area contributed by atoms with Crippen LogP contribution in [0.2, 0.25) is 0 Å². The summed E-state index contributed by atoms with van der Waals surface area (Å²) >= 11 is 0.